The van der Waals surface area contributed by atoms with Crippen molar-refractivity contribution in [3.8, 4) is 0 Å². The first-order chi connectivity index (χ1) is 9.40. The summed E-state index contributed by atoms with van der Waals surface area (Å²) in [4.78, 5) is 22.3. The van der Waals surface area contributed by atoms with Gasteiger partial charge in [0.05, 0.1) is 11.6 Å². The van der Waals surface area contributed by atoms with Gasteiger partial charge in [0.25, 0.3) is 0 Å². The first-order valence-corrected chi connectivity index (χ1v) is 7.58. The summed E-state index contributed by atoms with van der Waals surface area (Å²) in [6.07, 6.45) is 1.16. The number of hydrogen-bond donors (Lipinski definition) is 3. The van der Waals surface area contributed by atoms with Crippen molar-refractivity contribution >= 4 is 51.9 Å². The summed E-state index contributed by atoms with van der Waals surface area (Å²) < 4.78 is 0.852. The minimum atomic E-state index is -0.815. The van der Waals surface area contributed by atoms with E-state index in [1.807, 2.05) is 0 Å². The monoisotopic (exact) mass is 410 g/mol. The van der Waals surface area contributed by atoms with Crippen molar-refractivity contribution in [2.75, 3.05) is 11.9 Å². The fourth-order valence-electron chi connectivity index (χ4n) is 1.49. The van der Waals surface area contributed by atoms with Crippen LogP contribution in [-0.2, 0) is 4.79 Å². The molecule has 2 amide bonds. The van der Waals surface area contributed by atoms with Crippen LogP contribution in [-0.4, -0.2) is 23.7 Å². The molecule has 1 aromatic rings. The van der Waals surface area contributed by atoms with E-state index in [0.29, 0.717) is 30.1 Å². The Morgan fingerprint density at radius 1 is 1.45 bits per heavy atom. The van der Waals surface area contributed by atoms with Gasteiger partial charge in [-0.3, -0.25) is 4.79 Å². The molecule has 110 valence electrons. The van der Waals surface area contributed by atoms with Gasteiger partial charge in [-0.05, 0) is 53.6 Å². The quantitative estimate of drug-likeness (QED) is 0.495. The highest BCUT2D eigenvalue weighted by Crippen LogP contribution is 2.22. The topological polar surface area (TPSA) is 78.4 Å². The largest absolute Gasteiger partial charge is 0.481 e. The Bertz CT molecular complexity index is 497. The molecule has 0 radical (unpaired) electrons. The van der Waals surface area contributed by atoms with Crippen molar-refractivity contribution in [1.29, 1.82) is 0 Å². The van der Waals surface area contributed by atoms with E-state index in [-0.39, 0.29) is 6.03 Å². The number of carboxylic acids is 1. The number of carbonyl (C=O) groups excluding carboxylic acids is 1. The van der Waals surface area contributed by atoms with Crippen molar-refractivity contribution < 1.29 is 14.7 Å². The second-order valence-electron chi connectivity index (χ2n) is 4.39. The lowest BCUT2D eigenvalue weighted by molar-refractivity contribution is -0.141. The Morgan fingerprint density at radius 3 is 2.75 bits per heavy atom. The molecule has 1 rings (SSSR count). The maximum Gasteiger partial charge on any atom is 0.319 e. The highest BCUT2D eigenvalue weighted by Gasteiger charge is 2.10. The van der Waals surface area contributed by atoms with E-state index in [2.05, 4.69) is 33.2 Å². The van der Waals surface area contributed by atoms with Crippen LogP contribution in [0, 0.1) is 9.49 Å². The van der Waals surface area contributed by atoms with Gasteiger partial charge in [0.1, 0.15) is 0 Å². The Kier molecular flexibility index (Phi) is 7.08. The van der Waals surface area contributed by atoms with Crippen molar-refractivity contribution in [1.82, 2.24) is 5.32 Å². The van der Waals surface area contributed by atoms with Gasteiger partial charge in [-0.15, -0.1) is 0 Å². The molecule has 0 bridgehead atoms. The number of benzene rings is 1. The minimum Gasteiger partial charge on any atom is -0.481 e. The van der Waals surface area contributed by atoms with E-state index >= 15 is 0 Å². The molecular formula is C13H16ClIN2O3. The van der Waals surface area contributed by atoms with Crippen molar-refractivity contribution in [3.05, 3.63) is 26.8 Å². The van der Waals surface area contributed by atoms with Crippen molar-refractivity contribution in [2.24, 2.45) is 5.92 Å². The molecule has 0 saturated carbocycles. The molecule has 0 aliphatic heterocycles. The number of rotatable bonds is 6. The third-order valence-electron chi connectivity index (χ3n) is 2.70. The smallest absolute Gasteiger partial charge is 0.319 e. The van der Waals surface area contributed by atoms with E-state index in [1.165, 1.54) is 0 Å². The number of urea groups is 1. The van der Waals surface area contributed by atoms with Crippen LogP contribution in [0.3, 0.4) is 0 Å². The van der Waals surface area contributed by atoms with Crippen LogP contribution in [0.25, 0.3) is 0 Å². The molecule has 0 aliphatic carbocycles. The van der Waals surface area contributed by atoms with Crippen LogP contribution in [0.2, 0.25) is 5.02 Å². The Morgan fingerprint density at radius 2 is 2.15 bits per heavy atom. The van der Waals surface area contributed by atoms with Gasteiger partial charge in [0, 0.05) is 15.1 Å². The van der Waals surface area contributed by atoms with Crippen molar-refractivity contribution in [2.45, 2.75) is 19.8 Å². The van der Waals surface area contributed by atoms with Crippen LogP contribution < -0.4 is 10.6 Å². The lowest BCUT2D eigenvalue weighted by Gasteiger charge is -2.10. The van der Waals surface area contributed by atoms with E-state index in [4.69, 9.17) is 16.7 Å². The molecule has 0 saturated heterocycles. The third-order valence-corrected chi connectivity index (χ3v) is 3.83. The van der Waals surface area contributed by atoms with Gasteiger partial charge in [0.15, 0.2) is 0 Å². The molecule has 0 spiro atoms. The lowest BCUT2D eigenvalue weighted by Crippen LogP contribution is -2.30. The zero-order chi connectivity index (χ0) is 15.1. The summed E-state index contributed by atoms with van der Waals surface area (Å²) in [6, 6.07) is 4.88. The van der Waals surface area contributed by atoms with Crippen LogP contribution in [0.15, 0.2) is 18.2 Å². The molecule has 1 unspecified atom stereocenters. The van der Waals surface area contributed by atoms with Gasteiger partial charge < -0.3 is 15.7 Å². The highest BCUT2D eigenvalue weighted by molar-refractivity contribution is 14.1. The maximum atomic E-state index is 11.7. The van der Waals surface area contributed by atoms with Gasteiger partial charge in [-0.1, -0.05) is 18.5 Å². The van der Waals surface area contributed by atoms with Crippen molar-refractivity contribution in [3.63, 3.8) is 0 Å². The fraction of sp³-hybridized carbons (Fsp3) is 0.385. The molecule has 20 heavy (non-hydrogen) atoms. The number of nitrogens with one attached hydrogen (secondary N) is 2. The molecule has 5 nitrogen and oxygen atoms in total. The molecule has 0 fully saturated rings. The summed E-state index contributed by atoms with van der Waals surface area (Å²) in [6.45, 7) is 2.09. The molecule has 1 aromatic carbocycles. The third kappa shape index (κ3) is 5.96. The van der Waals surface area contributed by atoms with E-state index in [0.717, 1.165) is 3.57 Å². The van der Waals surface area contributed by atoms with Crippen LogP contribution in [0.1, 0.15) is 19.8 Å². The van der Waals surface area contributed by atoms with Gasteiger partial charge in [-0.25, -0.2) is 4.79 Å². The SMILES string of the molecule is CC(CCCNC(=O)Nc1ccc(Cl)cc1I)C(=O)O. The normalized spacial score (nSPS) is 11.8. The predicted molar refractivity (Wildman–Crippen MR) is 87.2 cm³/mol. The number of amides is 2. The summed E-state index contributed by atoms with van der Waals surface area (Å²) in [5.74, 6) is -1.21. The summed E-state index contributed by atoms with van der Waals surface area (Å²) >= 11 is 7.92. The molecular weight excluding hydrogens is 395 g/mol. The van der Waals surface area contributed by atoms with Crippen LogP contribution >= 0.6 is 34.2 Å². The number of hydrogen-bond acceptors (Lipinski definition) is 2. The zero-order valence-corrected chi connectivity index (χ0v) is 13.9. The van der Waals surface area contributed by atoms with Gasteiger partial charge in [-0.2, -0.15) is 0 Å². The molecule has 7 heteroatoms. The number of carbonyl (C=O) groups is 2. The predicted octanol–water partition coefficient (Wildman–Crippen LogP) is 3.57. The average Bonchev–Trinajstić information content (AvgIpc) is 2.37. The van der Waals surface area contributed by atoms with E-state index in [1.54, 1.807) is 25.1 Å². The number of halogens is 2. The van der Waals surface area contributed by atoms with E-state index in [9.17, 15) is 9.59 Å². The summed E-state index contributed by atoms with van der Waals surface area (Å²) in [7, 11) is 0. The first kappa shape index (κ1) is 17.0. The zero-order valence-electron chi connectivity index (χ0n) is 11.0. The second-order valence-corrected chi connectivity index (χ2v) is 5.99. The average molecular weight is 411 g/mol. The molecule has 0 aromatic heterocycles. The standard InChI is InChI=1S/C13H16ClIN2O3/c1-8(12(18)19)3-2-6-16-13(20)17-11-5-4-9(14)7-10(11)15/h4-5,7-8H,2-3,6H2,1H3,(H,18,19)(H2,16,17,20). The van der Waals surface area contributed by atoms with Crippen LogP contribution in [0.4, 0.5) is 10.5 Å². The Labute approximate surface area is 136 Å². The maximum absolute atomic E-state index is 11.7. The summed E-state index contributed by atoms with van der Waals surface area (Å²) in [5, 5.41) is 14.7. The van der Waals surface area contributed by atoms with Gasteiger partial charge in [0.2, 0.25) is 0 Å². The van der Waals surface area contributed by atoms with Gasteiger partial charge >= 0.3 is 12.0 Å². The number of aliphatic carboxylic acids is 1. The molecule has 3 N–H and O–H groups in total. The Balaban J connectivity index is 2.32. The fourth-order valence-corrected chi connectivity index (χ4v) is 2.50. The number of anilines is 1. The minimum absolute atomic E-state index is 0.312. The highest BCUT2D eigenvalue weighted by atomic mass is 127. The molecule has 1 atom stereocenters. The summed E-state index contributed by atoms with van der Waals surface area (Å²) in [5.41, 5.74) is 0.686. The molecule has 0 aliphatic rings. The first-order valence-electron chi connectivity index (χ1n) is 6.13. The van der Waals surface area contributed by atoms with E-state index < -0.39 is 11.9 Å². The Hall–Kier alpha value is -1.02. The lowest BCUT2D eigenvalue weighted by atomic mass is 10.1. The number of carboxylic acid groups (broad SMARTS) is 1. The van der Waals surface area contributed by atoms with Crippen LogP contribution in [0.5, 0.6) is 0 Å². The molecule has 0 heterocycles. The second kappa shape index (κ2) is 8.31.